The Labute approximate surface area is 149 Å². The molecule has 1 aromatic heterocycles. The second kappa shape index (κ2) is 7.81. The Hall–Kier alpha value is -3.16. The van der Waals surface area contributed by atoms with Gasteiger partial charge in [0.2, 0.25) is 5.91 Å². The standard InChI is InChI=1S/C18H18FN3O4/c19-14-5-2-1-4-13(14)17(24)21-20-16(23)12-7-9-22(10-8-12)18(25)15-6-3-11-26-15/h1-6,11-12H,7-10H2,(H,20,23)(H,21,24). The van der Waals surface area contributed by atoms with E-state index in [9.17, 15) is 18.8 Å². The highest BCUT2D eigenvalue weighted by Crippen LogP contribution is 2.19. The van der Waals surface area contributed by atoms with Crippen molar-refractivity contribution in [3.05, 3.63) is 59.8 Å². The van der Waals surface area contributed by atoms with Gasteiger partial charge in [0, 0.05) is 19.0 Å². The number of nitrogens with one attached hydrogen (secondary N) is 2. The van der Waals surface area contributed by atoms with Gasteiger partial charge in [-0.05, 0) is 37.1 Å². The lowest BCUT2D eigenvalue weighted by molar-refractivity contribution is -0.127. The highest BCUT2D eigenvalue weighted by Gasteiger charge is 2.29. The van der Waals surface area contributed by atoms with Crippen molar-refractivity contribution in [3.8, 4) is 0 Å². The number of piperidine rings is 1. The topological polar surface area (TPSA) is 91.7 Å². The molecule has 2 heterocycles. The first-order valence-corrected chi connectivity index (χ1v) is 8.24. The van der Waals surface area contributed by atoms with Crippen LogP contribution in [0.25, 0.3) is 0 Å². The molecule has 3 amide bonds. The van der Waals surface area contributed by atoms with Gasteiger partial charge in [0.15, 0.2) is 5.76 Å². The lowest BCUT2D eigenvalue weighted by Crippen LogP contribution is -2.48. The number of carbonyl (C=O) groups is 3. The number of amides is 3. The zero-order valence-electron chi connectivity index (χ0n) is 13.9. The van der Waals surface area contributed by atoms with Crippen LogP contribution in [0.1, 0.15) is 33.8 Å². The number of hydrazine groups is 1. The molecule has 1 saturated heterocycles. The van der Waals surface area contributed by atoms with Crippen molar-refractivity contribution in [2.45, 2.75) is 12.8 Å². The Kier molecular flexibility index (Phi) is 5.31. The van der Waals surface area contributed by atoms with Crippen LogP contribution in [-0.4, -0.2) is 35.7 Å². The third kappa shape index (κ3) is 3.90. The zero-order chi connectivity index (χ0) is 18.5. The number of furan rings is 1. The van der Waals surface area contributed by atoms with Gasteiger partial charge in [-0.2, -0.15) is 0 Å². The fourth-order valence-corrected chi connectivity index (χ4v) is 2.83. The summed E-state index contributed by atoms with van der Waals surface area (Å²) in [6, 6.07) is 8.75. The molecule has 0 spiro atoms. The number of hydrogen-bond acceptors (Lipinski definition) is 4. The smallest absolute Gasteiger partial charge is 0.289 e. The maximum atomic E-state index is 13.5. The van der Waals surface area contributed by atoms with Gasteiger partial charge in [-0.15, -0.1) is 0 Å². The molecule has 0 bridgehead atoms. The summed E-state index contributed by atoms with van der Waals surface area (Å²) in [4.78, 5) is 37.9. The number of rotatable bonds is 3. The molecule has 0 aliphatic carbocycles. The van der Waals surface area contributed by atoms with Crippen molar-refractivity contribution in [1.29, 1.82) is 0 Å². The van der Waals surface area contributed by atoms with E-state index in [4.69, 9.17) is 4.42 Å². The van der Waals surface area contributed by atoms with Gasteiger partial charge in [0.25, 0.3) is 11.8 Å². The zero-order valence-corrected chi connectivity index (χ0v) is 13.9. The summed E-state index contributed by atoms with van der Waals surface area (Å²) in [5, 5.41) is 0. The Balaban J connectivity index is 1.47. The van der Waals surface area contributed by atoms with E-state index in [2.05, 4.69) is 10.9 Å². The molecule has 0 radical (unpaired) electrons. The van der Waals surface area contributed by atoms with E-state index in [1.54, 1.807) is 17.0 Å². The van der Waals surface area contributed by atoms with Crippen molar-refractivity contribution in [1.82, 2.24) is 15.8 Å². The number of carbonyl (C=O) groups excluding carboxylic acids is 3. The van der Waals surface area contributed by atoms with E-state index in [1.165, 1.54) is 30.5 Å². The van der Waals surface area contributed by atoms with Crippen molar-refractivity contribution >= 4 is 17.7 Å². The Morgan fingerprint density at radius 2 is 1.77 bits per heavy atom. The van der Waals surface area contributed by atoms with Crippen LogP contribution in [0.15, 0.2) is 47.1 Å². The highest BCUT2D eigenvalue weighted by atomic mass is 19.1. The molecule has 2 N–H and O–H groups in total. The third-order valence-electron chi connectivity index (χ3n) is 4.30. The minimum atomic E-state index is -0.720. The molecule has 0 atom stereocenters. The van der Waals surface area contributed by atoms with Crippen LogP contribution < -0.4 is 10.9 Å². The SMILES string of the molecule is O=C(NNC(=O)C1CCN(C(=O)c2ccco2)CC1)c1ccccc1F. The van der Waals surface area contributed by atoms with Gasteiger partial charge in [-0.1, -0.05) is 12.1 Å². The molecule has 0 saturated carbocycles. The number of likely N-dealkylation sites (tertiary alicyclic amines) is 1. The first-order chi connectivity index (χ1) is 12.6. The van der Waals surface area contributed by atoms with Gasteiger partial charge in [-0.25, -0.2) is 4.39 Å². The molecule has 1 aliphatic rings. The summed E-state index contributed by atoms with van der Waals surface area (Å²) < 4.78 is 18.6. The molecule has 1 aromatic carbocycles. The normalized spacial score (nSPS) is 14.7. The second-order valence-corrected chi connectivity index (χ2v) is 5.97. The molecule has 2 aromatic rings. The Morgan fingerprint density at radius 3 is 2.42 bits per heavy atom. The molecular formula is C18H18FN3O4. The number of halogens is 1. The summed E-state index contributed by atoms with van der Waals surface area (Å²) in [7, 11) is 0. The Bertz CT molecular complexity index is 799. The molecule has 3 rings (SSSR count). The molecule has 8 heteroatoms. The first kappa shape index (κ1) is 17.7. The minimum Gasteiger partial charge on any atom is -0.459 e. The van der Waals surface area contributed by atoms with Crippen molar-refractivity contribution in [3.63, 3.8) is 0 Å². The lowest BCUT2D eigenvalue weighted by Gasteiger charge is -2.30. The van der Waals surface area contributed by atoms with E-state index in [0.717, 1.165) is 0 Å². The van der Waals surface area contributed by atoms with Crippen molar-refractivity contribution in [2.75, 3.05) is 13.1 Å². The minimum absolute atomic E-state index is 0.147. The fourth-order valence-electron chi connectivity index (χ4n) is 2.83. The molecule has 7 nitrogen and oxygen atoms in total. The second-order valence-electron chi connectivity index (χ2n) is 5.97. The van der Waals surface area contributed by atoms with Gasteiger partial charge in [0.05, 0.1) is 11.8 Å². The lowest BCUT2D eigenvalue weighted by atomic mass is 9.96. The van der Waals surface area contributed by atoms with Crippen LogP contribution in [0, 0.1) is 11.7 Å². The number of benzene rings is 1. The molecule has 0 unspecified atom stereocenters. The van der Waals surface area contributed by atoms with Crippen LogP contribution in [0.5, 0.6) is 0 Å². The molecule has 136 valence electrons. The first-order valence-electron chi connectivity index (χ1n) is 8.24. The van der Waals surface area contributed by atoms with Crippen LogP contribution in [-0.2, 0) is 4.79 Å². The highest BCUT2D eigenvalue weighted by molar-refractivity contribution is 5.96. The third-order valence-corrected chi connectivity index (χ3v) is 4.30. The fraction of sp³-hybridized carbons (Fsp3) is 0.278. The maximum absolute atomic E-state index is 13.5. The van der Waals surface area contributed by atoms with E-state index in [1.807, 2.05) is 0 Å². The average Bonchev–Trinajstić information content (AvgIpc) is 3.20. The summed E-state index contributed by atoms with van der Waals surface area (Å²) in [5.41, 5.74) is 4.39. The van der Waals surface area contributed by atoms with Crippen molar-refractivity contribution < 1.29 is 23.2 Å². The van der Waals surface area contributed by atoms with Gasteiger partial charge in [-0.3, -0.25) is 25.2 Å². The monoisotopic (exact) mass is 359 g/mol. The van der Waals surface area contributed by atoms with Gasteiger partial charge < -0.3 is 9.32 Å². The summed E-state index contributed by atoms with van der Waals surface area (Å²) in [6.07, 6.45) is 2.37. The van der Waals surface area contributed by atoms with Crippen LogP contribution in [0.2, 0.25) is 0 Å². The quantitative estimate of drug-likeness (QED) is 0.817. The predicted octanol–water partition coefficient (Wildman–Crippen LogP) is 1.73. The number of nitrogens with zero attached hydrogens (tertiary/aromatic N) is 1. The van der Waals surface area contributed by atoms with E-state index in [0.29, 0.717) is 25.9 Å². The van der Waals surface area contributed by atoms with E-state index >= 15 is 0 Å². The summed E-state index contributed by atoms with van der Waals surface area (Å²) in [6.45, 7) is 0.831. The Morgan fingerprint density at radius 1 is 1.04 bits per heavy atom. The van der Waals surface area contributed by atoms with E-state index in [-0.39, 0.29) is 29.1 Å². The van der Waals surface area contributed by atoms with E-state index < -0.39 is 11.7 Å². The van der Waals surface area contributed by atoms with Gasteiger partial charge in [0.1, 0.15) is 5.82 Å². The van der Waals surface area contributed by atoms with Crippen molar-refractivity contribution in [2.24, 2.45) is 5.92 Å². The maximum Gasteiger partial charge on any atom is 0.289 e. The average molecular weight is 359 g/mol. The number of hydrogen-bond donors (Lipinski definition) is 2. The molecule has 1 fully saturated rings. The molecular weight excluding hydrogens is 341 g/mol. The van der Waals surface area contributed by atoms with Gasteiger partial charge >= 0.3 is 0 Å². The van der Waals surface area contributed by atoms with Crippen LogP contribution in [0.3, 0.4) is 0 Å². The van der Waals surface area contributed by atoms with Crippen LogP contribution in [0.4, 0.5) is 4.39 Å². The largest absolute Gasteiger partial charge is 0.459 e. The van der Waals surface area contributed by atoms with Crippen LogP contribution >= 0.6 is 0 Å². The molecule has 26 heavy (non-hydrogen) atoms. The summed E-state index contributed by atoms with van der Waals surface area (Å²) >= 11 is 0. The predicted molar refractivity (Wildman–Crippen MR) is 89.3 cm³/mol. The molecule has 1 aliphatic heterocycles. The summed E-state index contributed by atoms with van der Waals surface area (Å²) in [5.74, 6) is -2.02.